The maximum Gasteiger partial charge on any atom is 0.231 e. The van der Waals surface area contributed by atoms with Crippen LogP contribution in [0.4, 0.5) is 0 Å². The van der Waals surface area contributed by atoms with Gasteiger partial charge in [-0.3, -0.25) is 4.79 Å². The van der Waals surface area contributed by atoms with Crippen LogP contribution in [0.1, 0.15) is 39.7 Å². The highest BCUT2D eigenvalue weighted by atomic mass is 16.7. The number of hydrogen-bond donors (Lipinski definition) is 0. The summed E-state index contributed by atoms with van der Waals surface area (Å²) in [7, 11) is 3.60. The van der Waals surface area contributed by atoms with Gasteiger partial charge in [-0.25, -0.2) is 0 Å². The van der Waals surface area contributed by atoms with Crippen LogP contribution < -0.4 is 14.2 Å². The van der Waals surface area contributed by atoms with Crippen molar-refractivity contribution in [2.45, 2.75) is 18.3 Å². The SMILES string of the molecule is COc1ccc(C2c3ccccc3C(c3ccc4c(c3)OCO4)C2C(=O)N(C)CCc2ccccc2)cc1. The van der Waals surface area contributed by atoms with Crippen molar-refractivity contribution in [2.75, 3.05) is 27.5 Å². The molecule has 0 aromatic heterocycles. The molecule has 0 spiro atoms. The molecule has 1 aliphatic heterocycles. The van der Waals surface area contributed by atoms with Crippen LogP contribution in [0.15, 0.2) is 97.1 Å². The maximum absolute atomic E-state index is 14.4. The van der Waals surface area contributed by atoms with Gasteiger partial charge >= 0.3 is 0 Å². The Kier molecular flexibility index (Phi) is 6.50. The van der Waals surface area contributed by atoms with Gasteiger partial charge < -0.3 is 19.1 Å². The minimum Gasteiger partial charge on any atom is -0.497 e. The number of benzene rings is 4. The molecule has 192 valence electrons. The molecule has 5 nitrogen and oxygen atoms in total. The molecular formula is C33H31NO4. The van der Waals surface area contributed by atoms with E-state index >= 15 is 0 Å². The topological polar surface area (TPSA) is 48.0 Å². The van der Waals surface area contributed by atoms with Crippen molar-refractivity contribution >= 4 is 5.91 Å². The number of hydrogen-bond acceptors (Lipinski definition) is 4. The van der Waals surface area contributed by atoms with E-state index in [1.807, 2.05) is 54.4 Å². The first-order chi connectivity index (χ1) is 18.6. The third-order valence-electron chi connectivity index (χ3n) is 7.86. The number of amides is 1. The lowest BCUT2D eigenvalue weighted by Crippen LogP contribution is -2.38. The highest BCUT2D eigenvalue weighted by molar-refractivity contribution is 5.84. The smallest absolute Gasteiger partial charge is 0.231 e. The van der Waals surface area contributed by atoms with E-state index < -0.39 is 0 Å². The normalized spacial score (nSPS) is 19.2. The number of nitrogens with zero attached hydrogens (tertiary/aromatic N) is 1. The first kappa shape index (κ1) is 24.1. The molecule has 3 atom stereocenters. The van der Waals surface area contributed by atoms with Crippen LogP contribution in [-0.4, -0.2) is 38.3 Å². The van der Waals surface area contributed by atoms with Gasteiger partial charge in [-0.1, -0.05) is 72.8 Å². The van der Waals surface area contributed by atoms with Crippen molar-refractivity contribution in [2.24, 2.45) is 5.92 Å². The van der Waals surface area contributed by atoms with E-state index in [2.05, 4.69) is 54.6 Å². The van der Waals surface area contributed by atoms with Gasteiger partial charge in [0.25, 0.3) is 0 Å². The molecule has 1 heterocycles. The van der Waals surface area contributed by atoms with Gasteiger partial charge in [0.15, 0.2) is 11.5 Å². The van der Waals surface area contributed by atoms with Crippen LogP contribution in [0.2, 0.25) is 0 Å². The summed E-state index contributed by atoms with van der Waals surface area (Å²) in [5, 5.41) is 0. The van der Waals surface area contributed by atoms with Gasteiger partial charge in [0, 0.05) is 25.4 Å². The highest BCUT2D eigenvalue weighted by Gasteiger charge is 2.47. The first-order valence-corrected chi connectivity index (χ1v) is 13.1. The fourth-order valence-corrected chi connectivity index (χ4v) is 5.94. The van der Waals surface area contributed by atoms with E-state index in [1.165, 1.54) is 16.7 Å². The zero-order chi connectivity index (χ0) is 26.1. The van der Waals surface area contributed by atoms with E-state index in [0.29, 0.717) is 6.54 Å². The number of rotatable bonds is 7. The second-order valence-corrected chi connectivity index (χ2v) is 9.99. The Balaban J connectivity index is 1.42. The summed E-state index contributed by atoms with van der Waals surface area (Å²) >= 11 is 0. The number of methoxy groups -OCH3 is 1. The molecule has 0 N–H and O–H groups in total. The summed E-state index contributed by atoms with van der Waals surface area (Å²) in [5.74, 6) is 1.92. The molecule has 3 unspecified atom stereocenters. The minimum atomic E-state index is -0.304. The van der Waals surface area contributed by atoms with Crippen LogP contribution in [0.5, 0.6) is 17.2 Å². The van der Waals surface area contributed by atoms with Crippen LogP contribution in [0.3, 0.4) is 0 Å². The zero-order valence-electron chi connectivity index (χ0n) is 21.7. The van der Waals surface area contributed by atoms with Crippen LogP contribution in [0, 0.1) is 5.92 Å². The van der Waals surface area contributed by atoms with Gasteiger partial charge in [-0.2, -0.15) is 0 Å². The predicted octanol–water partition coefficient (Wildman–Crippen LogP) is 6.02. The standard InChI is InChI=1S/C33H31NO4/c1-34(19-18-22-8-4-3-5-9-22)33(35)32-30(23-12-15-25(36-2)16-13-23)26-10-6-7-11-27(26)31(32)24-14-17-28-29(20-24)38-21-37-28/h3-17,20,30-32H,18-19,21H2,1-2H3. The quantitative estimate of drug-likeness (QED) is 0.308. The molecule has 0 fully saturated rings. The second-order valence-electron chi connectivity index (χ2n) is 9.99. The third-order valence-corrected chi connectivity index (χ3v) is 7.86. The van der Waals surface area contributed by atoms with Crippen molar-refractivity contribution in [3.05, 3.63) is 125 Å². The van der Waals surface area contributed by atoms with Gasteiger partial charge in [-0.05, 0) is 58.5 Å². The molecule has 6 rings (SSSR count). The lowest BCUT2D eigenvalue weighted by molar-refractivity contribution is -0.134. The highest BCUT2D eigenvalue weighted by Crippen LogP contribution is 2.54. The Morgan fingerprint density at radius 3 is 2.16 bits per heavy atom. The lowest BCUT2D eigenvalue weighted by atomic mass is 9.78. The molecule has 38 heavy (non-hydrogen) atoms. The van der Waals surface area contributed by atoms with Crippen LogP contribution >= 0.6 is 0 Å². The summed E-state index contributed by atoms with van der Waals surface area (Å²) < 4.78 is 16.7. The monoisotopic (exact) mass is 505 g/mol. The summed E-state index contributed by atoms with van der Waals surface area (Å²) in [6, 6.07) is 33.0. The molecule has 0 saturated heterocycles. The van der Waals surface area contributed by atoms with Gasteiger partial charge in [0.1, 0.15) is 5.75 Å². The van der Waals surface area contributed by atoms with E-state index in [1.54, 1.807) is 7.11 Å². The number of carbonyl (C=O) groups is 1. The molecular weight excluding hydrogens is 474 g/mol. The Morgan fingerprint density at radius 2 is 1.45 bits per heavy atom. The van der Waals surface area contributed by atoms with Gasteiger partial charge in [0.2, 0.25) is 12.7 Å². The molecule has 0 radical (unpaired) electrons. The molecule has 1 amide bonds. The van der Waals surface area contributed by atoms with Crippen molar-refractivity contribution in [3.8, 4) is 17.2 Å². The Hall–Kier alpha value is -4.25. The second kappa shape index (κ2) is 10.3. The maximum atomic E-state index is 14.4. The summed E-state index contributed by atoms with van der Waals surface area (Å²) in [5.41, 5.74) is 5.77. The summed E-state index contributed by atoms with van der Waals surface area (Å²) in [6.07, 6.45) is 0.810. The van der Waals surface area contributed by atoms with E-state index in [0.717, 1.165) is 34.8 Å². The molecule has 4 aromatic carbocycles. The average molecular weight is 506 g/mol. The first-order valence-electron chi connectivity index (χ1n) is 13.1. The Bertz CT molecular complexity index is 1430. The van der Waals surface area contributed by atoms with Crippen molar-refractivity contribution in [3.63, 3.8) is 0 Å². The van der Waals surface area contributed by atoms with Crippen molar-refractivity contribution < 1.29 is 19.0 Å². The van der Waals surface area contributed by atoms with Crippen LogP contribution in [0.25, 0.3) is 0 Å². The number of carbonyl (C=O) groups excluding carboxylic acids is 1. The minimum absolute atomic E-state index is 0.0841. The molecule has 4 aromatic rings. The van der Waals surface area contributed by atoms with Crippen molar-refractivity contribution in [1.29, 1.82) is 0 Å². The Labute approximate surface area is 223 Å². The Morgan fingerprint density at radius 1 is 0.816 bits per heavy atom. The fraction of sp³-hybridized carbons (Fsp3) is 0.242. The molecule has 2 aliphatic rings. The van der Waals surface area contributed by atoms with E-state index in [-0.39, 0.29) is 30.5 Å². The average Bonchev–Trinajstić information content (AvgIpc) is 3.58. The molecule has 5 heteroatoms. The largest absolute Gasteiger partial charge is 0.497 e. The molecule has 1 aliphatic carbocycles. The summed E-state index contributed by atoms with van der Waals surface area (Å²) in [6.45, 7) is 0.873. The predicted molar refractivity (Wildman–Crippen MR) is 147 cm³/mol. The zero-order valence-corrected chi connectivity index (χ0v) is 21.7. The number of ether oxygens (including phenoxy) is 3. The van der Waals surface area contributed by atoms with E-state index in [9.17, 15) is 4.79 Å². The van der Waals surface area contributed by atoms with E-state index in [4.69, 9.17) is 14.2 Å². The molecule has 0 bridgehead atoms. The number of likely N-dealkylation sites (N-methyl/N-ethyl adjacent to an activating group) is 1. The van der Waals surface area contributed by atoms with Crippen molar-refractivity contribution in [1.82, 2.24) is 4.90 Å². The molecule has 0 saturated carbocycles. The summed E-state index contributed by atoms with van der Waals surface area (Å²) in [4.78, 5) is 16.3. The van der Waals surface area contributed by atoms with Gasteiger partial charge in [0.05, 0.1) is 13.0 Å². The fourth-order valence-electron chi connectivity index (χ4n) is 5.94. The number of fused-ring (bicyclic) bond motifs is 2. The lowest BCUT2D eigenvalue weighted by Gasteiger charge is -2.30. The van der Waals surface area contributed by atoms with Crippen LogP contribution in [-0.2, 0) is 11.2 Å². The van der Waals surface area contributed by atoms with Gasteiger partial charge in [-0.15, -0.1) is 0 Å². The third kappa shape index (κ3) is 4.38.